The second-order valence-electron chi connectivity index (χ2n) is 7.11. The van der Waals surface area contributed by atoms with E-state index in [1.54, 1.807) is 0 Å². The van der Waals surface area contributed by atoms with Crippen molar-refractivity contribution in [1.82, 2.24) is 16.0 Å². The van der Waals surface area contributed by atoms with Crippen molar-refractivity contribution in [3.8, 4) is 5.75 Å². The van der Waals surface area contributed by atoms with Crippen LogP contribution in [0.3, 0.4) is 0 Å². The average molecular weight is 395 g/mol. The lowest BCUT2D eigenvalue weighted by Gasteiger charge is -2.12. The Morgan fingerprint density at radius 2 is 1.76 bits per heavy atom. The van der Waals surface area contributed by atoms with Crippen LogP contribution in [0.4, 0.5) is 0 Å². The molecule has 1 saturated carbocycles. The van der Waals surface area contributed by atoms with Gasteiger partial charge in [-0.1, -0.05) is 42.5 Å². The van der Waals surface area contributed by atoms with Crippen LogP contribution in [0.25, 0.3) is 0 Å². The number of benzene rings is 2. The first kappa shape index (κ1) is 20.7. The molecule has 1 fully saturated rings. The summed E-state index contributed by atoms with van der Waals surface area (Å²) < 4.78 is 5.89. The number of nitrogens with zero attached hydrogens (tertiary/aromatic N) is 1. The molecule has 6 heteroatoms. The molecule has 1 aliphatic carbocycles. The molecule has 29 heavy (non-hydrogen) atoms. The average Bonchev–Trinajstić information content (AvgIpc) is 3.60. The predicted molar refractivity (Wildman–Crippen MR) is 116 cm³/mol. The van der Waals surface area contributed by atoms with Crippen molar-refractivity contribution in [2.24, 2.45) is 10.9 Å². The SMILES string of the molecule is CCNC(=NCc1cccc(OCc2ccccc2)c1)NCCNC(=O)C1CC1. The number of amides is 1. The van der Waals surface area contributed by atoms with Crippen molar-refractivity contribution in [2.45, 2.75) is 32.9 Å². The maximum Gasteiger partial charge on any atom is 0.223 e. The van der Waals surface area contributed by atoms with Gasteiger partial charge in [0.25, 0.3) is 0 Å². The van der Waals surface area contributed by atoms with Crippen LogP contribution < -0.4 is 20.7 Å². The molecule has 0 saturated heterocycles. The molecule has 6 nitrogen and oxygen atoms in total. The summed E-state index contributed by atoms with van der Waals surface area (Å²) >= 11 is 0. The third-order valence-electron chi connectivity index (χ3n) is 4.58. The number of carbonyl (C=O) groups is 1. The second kappa shape index (κ2) is 11.1. The highest BCUT2D eigenvalue weighted by Crippen LogP contribution is 2.28. The zero-order chi connectivity index (χ0) is 20.3. The predicted octanol–water partition coefficient (Wildman–Crippen LogP) is 2.85. The molecule has 154 valence electrons. The summed E-state index contributed by atoms with van der Waals surface area (Å²) in [5.74, 6) is 1.99. The monoisotopic (exact) mass is 394 g/mol. The lowest BCUT2D eigenvalue weighted by molar-refractivity contribution is -0.122. The molecule has 1 amide bonds. The van der Waals surface area contributed by atoms with Crippen LogP contribution in [0.2, 0.25) is 0 Å². The van der Waals surface area contributed by atoms with Crippen LogP contribution in [-0.2, 0) is 17.9 Å². The molecule has 0 bridgehead atoms. The largest absolute Gasteiger partial charge is 0.489 e. The molecule has 3 rings (SSSR count). The molecule has 0 atom stereocenters. The molecule has 3 N–H and O–H groups in total. The van der Waals surface area contributed by atoms with Gasteiger partial charge in [0.2, 0.25) is 5.91 Å². The number of rotatable bonds is 10. The first-order valence-corrected chi connectivity index (χ1v) is 10.3. The number of guanidine groups is 1. The highest BCUT2D eigenvalue weighted by molar-refractivity contribution is 5.81. The standard InChI is InChI=1S/C23H30N4O2/c1-2-24-23(26-14-13-25-22(28)20-11-12-20)27-16-19-9-6-10-21(15-19)29-17-18-7-4-3-5-8-18/h3-10,15,20H,2,11-14,16-17H2,1H3,(H,25,28)(H2,24,26,27). The Labute approximate surface area is 172 Å². The summed E-state index contributed by atoms with van der Waals surface area (Å²) in [6, 6.07) is 18.1. The minimum absolute atomic E-state index is 0.168. The molecule has 0 unspecified atom stereocenters. The summed E-state index contributed by atoms with van der Waals surface area (Å²) in [6.07, 6.45) is 2.05. The molecule has 1 aliphatic rings. The summed E-state index contributed by atoms with van der Waals surface area (Å²) in [5.41, 5.74) is 2.22. The van der Waals surface area contributed by atoms with Crippen molar-refractivity contribution in [2.75, 3.05) is 19.6 Å². The van der Waals surface area contributed by atoms with Gasteiger partial charge in [0.1, 0.15) is 12.4 Å². The van der Waals surface area contributed by atoms with E-state index in [0.717, 1.165) is 42.2 Å². The van der Waals surface area contributed by atoms with Gasteiger partial charge in [-0.25, -0.2) is 4.99 Å². The molecular formula is C23H30N4O2. The van der Waals surface area contributed by atoms with Crippen LogP contribution in [0.1, 0.15) is 30.9 Å². The van der Waals surface area contributed by atoms with Crippen LogP contribution in [0.5, 0.6) is 5.75 Å². The summed E-state index contributed by atoms with van der Waals surface area (Å²) in [6.45, 7) is 5.15. The van der Waals surface area contributed by atoms with Crippen molar-refractivity contribution < 1.29 is 9.53 Å². The van der Waals surface area contributed by atoms with Crippen LogP contribution in [-0.4, -0.2) is 31.5 Å². The molecular weight excluding hydrogens is 364 g/mol. The van der Waals surface area contributed by atoms with Crippen LogP contribution in [0, 0.1) is 5.92 Å². The zero-order valence-corrected chi connectivity index (χ0v) is 17.0. The molecule has 0 radical (unpaired) electrons. The van der Waals surface area contributed by atoms with Gasteiger partial charge in [-0.15, -0.1) is 0 Å². The summed E-state index contributed by atoms with van der Waals surface area (Å²) in [4.78, 5) is 16.3. The Balaban J connectivity index is 1.46. The van der Waals surface area contributed by atoms with Crippen LogP contribution in [0.15, 0.2) is 59.6 Å². The van der Waals surface area contributed by atoms with E-state index in [0.29, 0.717) is 26.2 Å². The molecule has 0 heterocycles. The third kappa shape index (κ3) is 7.49. The normalized spacial score (nSPS) is 13.6. The Morgan fingerprint density at radius 1 is 1.00 bits per heavy atom. The van der Waals surface area contributed by atoms with E-state index in [1.165, 1.54) is 0 Å². The number of hydrogen-bond donors (Lipinski definition) is 3. The highest BCUT2D eigenvalue weighted by Gasteiger charge is 2.28. The van der Waals surface area contributed by atoms with Crippen molar-refractivity contribution >= 4 is 11.9 Å². The van der Waals surface area contributed by atoms with Crippen molar-refractivity contribution in [1.29, 1.82) is 0 Å². The maximum absolute atomic E-state index is 11.7. The van der Waals surface area contributed by atoms with E-state index < -0.39 is 0 Å². The number of aliphatic imine (C=N–C) groups is 1. The number of nitrogens with one attached hydrogen (secondary N) is 3. The van der Waals surface area contributed by atoms with Gasteiger partial charge in [-0.3, -0.25) is 4.79 Å². The van der Waals surface area contributed by atoms with Crippen LogP contribution >= 0.6 is 0 Å². The molecule has 0 aromatic heterocycles. The number of carbonyl (C=O) groups excluding carboxylic acids is 1. The van der Waals surface area contributed by atoms with Crippen molar-refractivity contribution in [3.05, 3.63) is 65.7 Å². The van der Waals surface area contributed by atoms with E-state index in [1.807, 2.05) is 49.4 Å². The van der Waals surface area contributed by atoms with Gasteiger partial charge < -0.3 is 20.7 Å². The lowest BCUT2D eigenvalue weighted by Crippen LogP contribution is -2.41. The second-order valence-corrected chi connectivity index (χ2v) is 7.11. The quantitative estimate of drug-likeness (QED) is 0.329. The first-order valence-electron chi connectivity index (χ1n) is 10.3. The van der Waals surface area contributed by atoms with E-state index >= 15 is 0 Å². The Kier molecular flexibility index (Phi) is 7.92. The van der Waals surface area contributed by atoms with Gasteiger partial charge >= 0.3 is 0 Å². The van der Waals surface area contributed by atoms with E-state index in [2.05, 4.69) is 33.1 Å². The Hall–Kier alpha value is -3.02. The van der Waals surface area contributed by atoms with Gasteiger partial charge in [-0.2, -0.15) is 0 Å². The molecule has 2 aromatic carbocycles. The molecule has 2 aromatic rings. The number of hydrogen-bond acceptors (Lipinski definition) is 3. The van der Waals surface area contributed by atoms with Crippen molar-refractivity contribution in [3.63, 3.8) is 0 Å². The Morgan fingerprint density at radius 3 is 2.52 bits per heavy atom. The van der Waals surface area contributed by atoms with E-state index in [-0.39, 0.29) is 11.8 Å². The smallest absolute Gasteiger partial charge is 0.223 e. The summed E-state index contributed by atoms with van der Waals surface area (Å²) in [5, 5.41) is 9.44. The van der Waals surface area contributed by atoms with E-state index in [4.69, 9.17) is 4.74 Å². The molecule has 0 spiro atoms. The van der Waals surface area contributed by atoms with Gasteiger partial charge in [0.05, 0.1) is 6.54 Å². The maximum atomic E-state index is 11.7. The third-order valence-corrected chi connectivity index (χ3v) is 4.58. The zero-order valence-electron chi connectivity index (χ0n) is 17.0. The fourth-order valence-electron chi connectivity index (χ4n) is 2.84. The van der Waals surface area contributed by atoms with Gasteiger partial charge in [-0.05, 0) is 43.0 Å². The van der Waals surface area contributed by atoms with Gasteiger partial charge in [0, 0.05) is 25.6 Å². The minimum atomic E-state index is 0.168. The highest BCUT2D eigenvalue weighted by atomic mass is 16.5. The lowest BCUT2D eigenvalue weighted by atomic mass is 10.2. The summed E-state index contributed by atoms with van der Waals surface area (Å²) in [7, 11) is 0. The number of ether oxygens (including phenoxy) is 1. The first-order chi connectivity index (χ1) is 14.2. The topological polar surface area (TPSA) is 74.8 Å². The van der Waals surface area contributed by atoms with Gasteiger partial charge in [0.15, 0.2) is 5.96 Å². The van der Waals surface area contributed by atoms with E-state index in [9.17, 15) is 4.79 Å². The Bertz CT molecular complexity index is 804. The minimum Gasteiger partial charge on any atom is -0.489 e. The fourth-order valence-corrected chi connectivity index (χ4v) is 2.84. The fraction of sp³-hybridized carbons (Fsp3) is 0.391. The molecule has 0 aliphatic heterocycles.